The second-order valence-electron chi connectivity index (χ2n) is 8.41. The van der Waals surface area contributed by atoms with Gasteiger partial charge in [0.05, 0.1) is 17.6 Å². The highest BCUT2D eigenvalue weighted by atomic mass is 79.9. The standard InChI is InChI=1S/C25H25BrN2O4S/c1-25(2,3)18-8-5-15(6-9-18)22-21(29)17(14-33-22)11-12-27-28-23(30)16-7-10-19(20(26)13-16)24(31)32-4/h5-10,12-14,29H,11H2,1-4H3,(H,28,30). The summed E-state index contributed by atoms with van der Waals surface area (Å²) in [5, 5.41) is 16.5. The number of esters is 1. The number of ether oxygens (including phenoxy) is 1. The Morgan fingerprint density at radius 1 is 1.18 bits per heavy atom. The Morgan fingerprint density at radius 3 is 2.48 bits per heavy atom. The van der Waals surface area contributed by atoms with E-state index in [0.29, 0.717) is 22.0 Å². The maximum absolute atomic E-state index is 12.3. The lowest BCUT2D eigenvalue weighted by Crippen LogP contribution is -2.18. The molecule has 3 aromatic rings. The first-order valence-corrected chi connectivity index (χ1v) is 11.9. The van der Waals surface area contributed by atoms with Crippen molar-refractivity contribution in [2.75, 3.05) is 7.11 Å². The van der Waals surface area contributed by atoms with Crippen LogP contribution < -0.4 is 5.43 Å². The Bertz CT molecular complexity index is 1190. The second kappa shape index (κ2) is 10.3. The van der Waals surface area contributed by atoms with Gasteiger partial charge in [0.15, 0.2) is 0 Å². The van der Waals surface area contributed by atoms with Gasteiger partial charge in [0.2, 0.25) is 0 Å². The van der Waals surface area contributed by atoms with Crippen molar-refractivity contribution in [1.82, 2.24) is 5.43 Å². The third kappa shape index (κ3) is 5.89. The van der Waals surface area contributed by atoms with E-state index in [1.807, 2.05) is 17.5 Å². The van der Waals surface area contributed by atoms with Crippen molar-refractivity contribution in [2.24, 2.45) is 5.10 Å². The SMILES string of the molecule is COC(=O)c1ccc(C(=O)NN=CCc2csc(-c3ccc(C(C)(C)C)cc3)c2O)cc1Br. The van der Waals surface area contributed by atoms with Gasteiger partial charge in [0.1, 0.15) is 5.75 Å². The molecule has 0 aliphatic heterocycles. The molecule has 1 amide bonds. The fourth-order valence-electron chi connectivity index (χ4n) is 3.10. The third-order valence-electron chi connectivity index (χ3n) is 5.06. The fraction of sp³-hybridized carbons (Fsp3) is 0.240. The van der Waals surface area contributed by atoms with Gasteiger partial charge in [0.25, 0.3) is 5.91 Å². The summed E-state index contributed by atoms with van der Waals surface area (Å²) in [5.41, 5.74) is 6.12. The minimum atomic E-state index is -0.494. The Kier molecular flexibility index (Phi) is 7.71. The Morgan fingerprint density at radius 2 is 1.88 bits per heavy atom. The van der Waals surface area contributed by atoms with Crippen LogP contribution in [0.15, 0.2) is 57.4 Å². The Balaban J connectivity index is 1.62. The molecule has 0 radical (unpaired) electrons. The summed E-state index contributed by atoms with van der Waals surface area (Å²) in [7, 11) is 1.29. The second-order valence-corrected chi connectivity index (χ2v) is 10.1. The molecule has 0 fully saturated rings. The smallest absolute Gasteiger partial charge is 0.339 e. The van der Waals surface area contributed by atoms with Crippen LogP contribution in [0.2, 0.25) is 0 Å². The molecule has 6 nitrogen and oxygen atoms in total. The van der Waals surface area contributed by atoms with Gasteiger partial charge in [-0.05, 0) is 56.1 Å². The summed E-state index contributed by atoms with van der Waals surface area (Å²) in [6, 6.07) is 12.8. The number of nitrogens with one attached hydrogen (secondary N) is 1. The lowest BCUT2D eigenvalue weighted by Gasteiger charge is -2.19. The van der Waals surface area contributed by atoms with E-state index in [2.05, 4.69) is 64.1 Å². The van der Waals surface area contributed by atoms with Crippen LogP contribution in [-0.4, -0.2) is 30.3 Å². The zero-order valence-electron chi connectivity index (χ0n) is 18.8. The number of rotatable bonds is 6. The normalized spacial score (nSPS) is 11.5. The van der Waals surface area contributed by atoms with Crippen LogP contribution in [0.25, 0.3) is 10.4 Å². The lowest BCUT2D eigenvalue weighted by molar-refractivity contribution is 0.0599. The molecular weight excluding hydrogens is 504 g/mol. The van der Waals surface area contributed by atoms with Crippen molar-refractivity contribution < 1.29 is 19.4 Å². The Labute approximate surface area is 205 Å². The summed E-state index contributed by atoms with van der Waals surface area (Å²) in [4.78, 5) is 24.7. The van der Waals surface area contributed by atoms with Gasteiger partial charge in [-0.2, -0.15) is 5.10 Å². The third-order valence-corrected chi connectivity index (χ3v) is 6.78. The molecule has 0 atom stereocenters. The number of halogens is 1. The number of nitrogens with zero attached hydrogens (tertiary/aromatic N) is 1. The molecule has 0 bridgehead atoms. The van der Waals surface area contributed by atoms with Gasteiger partial charge in [-0.25, -0.2) is 10.2 Å². The first-order chi connectivity index (χ1) is 15.6. The van der Waals surface area contributed by atoms with E-state index in [9.17, 15) is 14.7 Å². The highest BCUT2D eigenvalue weighted by molar-refractivity contribution is 9.10. The van der Waals surface area contributed by atoms with Gasteiger partial charge >= 0.3 is 5.97 Å². The molecule has 1 heterocycles. The van der Waals surface area contributed by atoms with Crippen LogP contribution in [-0.2, 0) is 16.6 Å². The predicted octanol–water partition coefficient (Wildman–Crippen LogP) is 5.93. The van der Waals surface area contributed by atoms with Crippen molar-refractivity contribution in [3.05, 3.63) is 74.6 Å². The van der Waals surface area contributed by atoms with Gasteiger partial charge in [-0.3, -0.25) is 4.79 Å². The van der Waals surface area contributed by atoms with Crippen LogP contribution in [0.3, 0.4) is 0 Å². The highest BCUT2D eigenvalue weighted by Gasteiger charge is 2.16. The van der Waals surface area contributed by atoms with Gasteiger partial charge in [0, 0.05) is 28.2 Å². The molecule has 0 saturated heterocycles. The molecule has 8 heteroatoms. The van der Waals surface area contributed by atoms with E-state index in [1.165, 1.54) is 48.4 Å². The number of amides is 1. The number of hydrazone groups is 1. The number of methoxy groups -OCH3 is 1. The largest absolute Gasteiger partial charge is 0.506 e. The molecule has 0 spiro atoms. The molecule has 1 aromatic heterocycles. The van der Waals surface area contributed by atoms with Crippen LogP contribution >= 0.6 is 27.3 Å². The average molecular weight is 529 g/mol. The average Bonchev–Trinajstić information content (AvgIpc) is 3.15. The zero-order valence-corrected chi connectivity index (χ0v) is 21.2. The maximum Gasteiger partial charge on any atom is 0.339 e. The van der Waals surface area contributed by atoms with Crippen molar-refractivity contribution >= 4 is 45.4 Å². The van der Waals surface area contributed by atoms with Gasteiger partial charge in [-0.1, -0.05) is 45.0 Å². The topological polar surface area (TPSA) is 88.0 Å². The molecule has 0 aliphatic rings. The Hall–Kier alpha value is -2.97. The minimum absolute atomic E-state index is 0.0710. The number of thiophene rings is 1. The molecule has 3 rings (SSSR count). The quantitative estimate of drug-likeness (QED) is 0.236. The number of hydrogen-bond acceptors (Lipinski definition) is 6. The fourth-order valence-corrected chi connectivity index (χ4v) is 4.63. The minimum Gasteiger partial charge on any atom is -0.506 e. The van der Waals surface area contributed by atoms with Crippen LogP contribution in [0, 0.1) is 0 Å². The molecule has 2 aromatic carbocycles. The molecule has 172 valence electrons. The van der Waals surface area contributed by atoms with E-state index in [-0.39, 0.29) is 11.2 Å². The lowest BCUT2D eigenvalue weighted by atomic mass is 9.86. The first kappa shape index (κ1) is 24.7. The first-order valence-electron chi connectivity index (χ1n) is 10.2. The number of hydrogen-bond donors (Lipinski definition) is 2. The molecule has 0 unspecified atom stereocenters. The van der Waals surface area contributed by atoms with Crippen molar-refractivity contribution in [1.29, 1.82) is 0 Å². The molecule has 0 aliphatic carbocycles. The number of benzene rings is 2. The van der Waals surface area contributed by atoms with Gasteiger partial charge in [-0.15, -0.1) is 11.3 Å². The number of carbonyl (C=O) groups is 2. The maximum atomic E-state index is 12.3. The monoisotopic (exact) mass is 528 g/mol. The molecule has 33 heavy (non-hydrogen) atoms. The highest BCUT2D eigenvalue weighted by Crippen LogP contribution is 2.39. The summed E-state index contributed by atoms with van der Waals surface area (Å²) in [6.45, 7) is 6.49. The predicted molar refractivity (Wildman–Crippen MR) is 135 cm³/mol. The van der Waals surface area contributed by atoms with E-state index >= 15 is 0 Å². The molecular formula is C25H25BrN2O4S. The van der Waals surface area contributed by atoms with E-state index in [4.69, 9.17) is 0 Å². The van der Waals surface area contributed by atoms with Crippen LogP contribution in [0.1, 0.15) is 52.6 Å². The zero-order chi connectivity index (χ0) is 24.2. The summed E-state index contributed by atoms with van der Waals surface area (Å²) >= 11 is 4.74. The van der Waals surface area contributed by atoms with Crippen molar-refractivity contribution in [3.8, 4) is 16.2 Å². The summed E-state index contributed by atoms with van der Waals surface area (Å²) < 4.78 is 5.14. The summed E-state index contributed by atoms with van der Waals surface area (Å²) in [6.07, 6.45) is 1.90. The van der Waals surface area contributed by atoms with Crippen molar-refractivity contribution in [2.45, 2.75) is 32.6 Å². The van der Waals surface area contributed by atoms with Crippen LogP contribution in [0.5, 0.6) is 5.75 Å². The molecule has 2 N–H and O–H groups in total. The van der Waals surface area contributed by atoms with E-state index in [0.717, 1.165) is 16.0 Å². The molecule has 0 saturated carbocycles. The van der Waals surface area contributed by atoms with Gasteiger partial charge < -0.3 is 9.84 Å². The van der Waals surface area contributed by atoms with Crippen LogP contribution in [0.4, 0.5) is 0 Å². The van der Waals surface area contributed by atoms with E-state index in [1.54, 1.807) is 0 Å². The summed E-state index contributed by atoms with van der Waals surface area (Å²) in [5.74, 6) is -0.687. The number of aromatic hydroxyl groups is 1. The van der Waals surface area contributed by atoms with Crippen molar-refractivity contribution in [3.63, 3.8) is 0 Å². The van der Waals surface area contributed by atoms with E-state index < -0.39 is 11.9 Å². The number of carbonyl (C=O) groups excluding carboxylic acids is 2.